The smallest absolute Gasteiger partial charge is 0.408 e. The summed E-state index contributed by atoms with van der Waals surface area (Å²) >= 11 is 2.28. The van der Waals surface area contributed by atoms with E-state index in [9.17, 15) is 9.59 Å². The lowest BCUT2D eigenvalue weighted by Crippen LogP contribution is -2.60. The van der Waals surface area contributed by atoms with Gasteiger partial charge in [0.05, 0.1) is 15.7 Å². The molecule has 5 rings (SSSR count). The van der Waals surface area contributed by atoms with E-state index in [0.29, 0.717) is 0 Å². The number of alkyl halides is 1. The maximum Gasteiger partial charge on any atom is 0.408 e. The first-order valence-corrected chi connectivity index (χ1v) is 16.8. The summed E-state index contributed by atoms with van der Waals surface area (Å²) in [5, 5.41) is 7.35. The van der Waals surface area contributed by atoms with Gasteiger partial charge in [0.2, 0.25) is 5.91 Å². The second-order valence-corrected chi connectivity index (χ2v) is 14.4. The zero-order valence-electron chi connectivity index (χ0n) is 26.0. The van der Waals surface area contributed by atoms with E-state index in [0.717, 1.165) is 53.4 Å². The molecule has 0 radical (unpaired) electrons. The molecule has 4 aromatic rings. The molecule has 3 atom stereocenters. The summed E-state index contributed by atoms with van der Waals surface area (Å²) in [4.78, 5) is 35.9. The van der Waals surface area contributed by atoms with Gasteiger partial charge < -0.3 is 20.4 Å². The zero-order valence-corrected chi connectivity index (χ0v) is 28.2. The van der Waals surface area contributed by atoms with Crippen LogP contribution in [0.5, 0.6) is 0 Å². The van der Waals surface area contributed by atoms with Gasteiger partial charge in [0.1, 0.15) is 12.1 Å². The Balaban J connectivity index is 1.41. The number of carbonyl (C=O) groups is 2. The number of alkyl carbamates (subject to hydrolysis) is 1. The van der Waals surface area contributed by atoms with E-state index in [2.05, 4.69) is 76.1 Å². The lowest BCUT2D eigenvalue weighted by atomic mass is 9.81. The third-order valence-electron chi connectivity index (χ3n) is 8.84. The number of benzene rings is 2. The van der Waals surface area contributed by atoms with Crippen molar-refractivity contribution < 1.29 is 14.3 Å². The van der Waals surface area contributed by atoms with Crippen molar-refractivity contribution in [2.75, 3.05) is 0 Å². The fourth-order valence-corrected chi connectivity index (χ4v) is 7.05. The number of nitrogens with one attached hydrogen (secondary N) is 3. The van der Waals surface area contributed by atoms with Gasteiger partial charge in [-0.25, -0.2) is 4.79 Å². The minimum atomic E-state index is -1.33. The van der Waals surface area contributed by atoms with E-state index < -0.39 is 15.6 Å². The number of hydrogen-bond donors (Lipinski definition) is 3. The molecular weight excluding hydrogens is 663 g/mol. The van der Waals surface area contributed by atoms with E-state index in [1.807, 2.05) is 60.8 Å². The molecule has 2 aromatic heterocycles. The number of para-hydroxylation sites is 1. The normalized spacial score (nSPS) is 16.9. The van der Waals surface area contributed by atoms with Gasteiger partial charge in [-0.05, 0) is 66.0 Å². The van der Waals surface area contributed by atoms with E-state index in [1.165, 1.54) is 12.0 Å². The van der Waals surface area contributed by atoms with Crippen molar-refractivity contribution in [2.24, 2.45) is 5.92 Å². The Hall–Kier alpha value is -3.40. The van der Waals surface area contributed by atoms with Crippen molar-refractivity contribution in [3.8, 4) is 0 Å². The molecule has 1 aliphatic rings. The number of amides is 2. The van der Waals surface area contributed by atoms with E-state index in [1.54, 1.807) is 13.1 Å². The van der Waals surface area contributed by atoms with Crippen LogP contribution in [0.25, 0.3) is 10.9 Å². The average Bonchev–Trinajstić information content (AvgIpc) is 3.47. The van der Waals surface area contributed by atoms with Crippen molar-refractivity contribution in [1.82, 2.24) is 20.6 Å². The molecule has 2 unspecified atom stereocenters. The number of nitrogens with zero attached hydrogens (tertiary/aromatic N) is 1. The van der Waals surface area contributed by atoms with Gasteiger partial charge in [0, 0.05) is 23.3 Å². The standard InChI is InChI=1S/C36H43IN4O3/c1-35(2,3)26-19-17-24(18-20-26)23-44-34(43)41-36(4,32(37)28-22-39-29-15-9-8-14-27(28)29)33(42)40-31(25-12-6-5-7-13-25)30-16-10-11-21-38-30/h8-11,14-22,25,31-32,39H,5-7,12-13,23H2,1-4H3,(H,40,42)(H,41,43)/t31?,32?,36-/m1/s1. The molecule has 0 saturated heterocycles. The van der Waals surface area contributed by atoms with Crippen LogP contribution in [-0.2, 0) is 21.6 Å². The van der Waals surface area contributed by atoms with Gasteiger partial charge in [-0.1, -0.05) is 111 Å². The molecule has 2 heterocycles. The molecule has 8 heteroatoms. The number of rotatable bonds is 9. The number of pyridine rings is 1. The molecule has 44 heavy (non-hydrogen) atoms. The summed E-state index contributed by atoms with van der Waals surface area (Å²) < 4.78 is 5.30. The number of fused-ring (bicyclic) bond motifs is 1. The van der Waals surface area contributed by atoms with Gasteiger partial charge >= 0.3 is 6.09 Å². The van der Waals surface area contributed by atoms with Crippen LogP contribution in [0.4, 0.5) is 4.79 Å². The van der Waals surface area contributed by atoms with Crippen LogP contribution in [0.1, 0.15) is 92.1 Å². The molecule has 0 spiro atoms. The monoisotopic (exact) mass is 706 g/mol. The van der Waals surface area contributed by atoms with Gasteiger partial charge in [0.15, 0.2) is 0 Å². The SMILES string of the molecule is CC(C)(C)c1ccc(COC(=O)N[C@@](C)(C(=O)NC(c2ccccn2)C2CCCCC2)C(I)c2c[nH]c3ccccc23)cc1. The van der Waals surface area contributed by atoms with Crippen molar-refractivity contribution in [2.45, 2.75) is 87.3 Å². The molecule has 2 amide bonds. The van der Waals surface area contributed by atoms with Crippen LogP contribution in [0.15, 0.2) is 79.1 Å². The van der Waals surface area contributed by atoms with Crippen molar-refractivity contribution in [1.29, 1.82) is 0 Å². The third-order valence-corrected chi connectivity index (χ3v) is 10.8. The summed E-state index contributed by atoms with van der Waals surface area (Å²) in [5.74, 6) is 0.00510. The lowest BCUT2D eigenvalue weighted by Gasteiger charge is -2.37. The average molecular weight is 707 g/mol. The van der Waals surface area contributed by atoms with Crippen LogP contribution >= 0.6 is 22.6 Å². The Morgan fingerprint density at radius 2 is 1.68 bits per heavy atom. The Kier molecular flexibility index (Phi) is 9.97. The quantitative estimate of drug-likeness (QED) is 0.120. The molecule has 1 aliphatic carbocycles. The van der Waals surface area contributed by atoms with Crippen LogP contribution in [-0.4, -0.2) is 27.5 Å². The minimum absolute atomic E-state index is 0.0361. The molecule has 3 N–H and O–H groups in total. The van der Waals surface area contributed by atoms with Gasteiger partial charge in [-0.3, -0.25) is 9.78 Å². The topological polar surface area (TPSA) is 96.1 Å². The summed E-state index contributed by atoms with van der Waals surface area (Å²) in [7, 11) is 0. The summed E-state index contributed by atoms with van der Waals surface area (Å²) in [6, 6.07) is 21.6. The highest BCUT2D eigenvalue weighted by Crippen LogP contribution is 2.40. The van der Waals surface area contributed by atoms with E-state index in [-0.39, 0.29) is 29.9 Å². The van der Waals surface area contributed by atoms with E-state index >= 15 is 0 Å². The van der Waals surface area contributed by atoms with Crippen LogP contribution in [0.2, 0.25) is 0 Å². The molecule has 0 aliphatic heterocycles. The van der Waals surface area contributed by atoms with Crippen molar-refractivity contribution >= 4 is 45.5 Å². The zero-order chi connectivity index (χ0) is 31.3. The molecule has 1 fully saturated rings. The van der Waals surface area contributed by atoms with Gasteiger partial charge in [0.25, 0.3) is 0 Å². The first kappa shape index (κ1) is 32.0. The maximum atomic E-state index is 14.5. The van der Waals surface area contributed by atoms with Crippen LogP contribution in [0, 0.1) is 5.92 Å². The number of halogens is 1. The Morgan fingerprint density at radius 1 is 0.977 bits per heavy atom. The largest absolute Gasteiger partial charge is 0.445 e. The molecule has 232 valence electrons. The lowest BCUT2D eigenvalue weighted by molar-refractivity contribution is -0.128. The molecule has 0 bridgehead atoms. The Morgan fingerprint density at radius 3 is 2.36 bits per heavy atom. The minimum Gasteiger partial charge on any atom is -0.445 e. The summed E-state index contributed by atoms with van der Waals surface area (Å²) in [6.45, 7) is 8.39. The van der Waals surface area contributed by atoms with Crippen molar-refractivity contribution in [3.63, 3.8) is 0 Å². The van der Waals surface area contributed by atoms with Gasteiger partial charge in [-0.2, -0.15) is 0 Å². The molecule has 1 saturated carbocycles. The summed E-state index contributed by atoms with van der Waals surface area (Å²) in [6.07, 6.45) is 8.58. The number of H-pyrrole nitrogens is 1. The Bertz CT molecular complexity index is 1560. The molecule has 2 aromatic carbocycles. The third kappa shape index (κ3) is 7.28. The highest BCUT2D eigenvalue weighted by atomic mass is 127. The highest BCUT2D eigenvalue weighted by Gasteiger charge is 2.45. The maximum absolute atomic E-state index is 14.5. The van der Waals surface area contributed by atoms with Crippen LogP contribution in [0.3, 0.4) is 0 Å². The number of hydrogen-bond acceptors (Lipinski definition) is 4. The second-order valence-electron chi connectivity index (χ2n) is 13.1. The number of carbonyl (C=O) groups excluding carboxylic acids is 2. The number of aromatic nitrogens is 2. The van der Waals surface area contributed by atoms with Gasteiger partial charge in [-0.15, -0.1) is 0 Å². The predicted molar refractivity (Wildman–Crippen MR) is 184 cm³/mol. The highest BCUT2D eigenvalue weighted by molar-refractivity contribution is 14.1. The first-order chi connectivity index (χ1) is 21.1. The predicted octanol–water partition coefficient (Wildman–Crippen LogP) is 8.46. The fourth-order valence-electron chi connectivity index (χ4n) is 6.10. The molecular formula is C36H43IN4O3. The second kappa shape index (κ2) is 13.7. The van der Waals surface area contributed by atoms with E-state index in [4.69, 9.17) is 4.74 Å². The first-order valence-electron chi connectivity index (χ1n) is 15.5. The summed E-state index contributed by atoms with van der Waals surface area (Å²) in [5.41, 5.74) is 3.55. The molecule has 7 nitrogen and oxygen atoms in total. The fraction of sp³-hybridized carbons (Fsp3) is 0.417. The number of aromatic amines is 1. The van der Waals surface area contributed by atoms with Crippen molar-refractivity contribution in [3.05, 3.63) is 102 Å². The Labute approximate surface area is 274 Å². The number of ether oxygens (including phenoxy) is 1. The van der Waals surface area contributed by atoms with Crippen LogP contribution < -0.4 is 10.6 Å².